The predicted molar refractivity (Wildman–Crippen MR) is 125 cm³/mol. The highest BCUT2D eigenvalue weighted by Crippen LogP contribution is 2.32. The number of ether oxygens (including phenoxy) is 1. The van der Waals surface area contributed by atoms with Crippen molar-refractivity contribution < 1.29 is 9.29 Å². The van der Waals surface area contributed by atoms with E-state index in [1.807, 2.05) is 11.2 Å². The molecule has 1 aromatic carbocycles. The fourth-order valence-corrected chi connectivity index (χ4v) is 5.42. The minimum Gasteiger partial charge on any atom is -0.598 e. The molecule has 168 valence electrons. The standard InChI is InChI=1S/C22H29ClN4O3S/c1-3-31(29)26-11-9-25(10-12-26)20-15-24-27(18-6-4-5-17(23)14-18)22(28)21(20)30-19-8-7-16(2)13-19/h4-6,14-16,19H,3,7-13H2,1-2H3. The van der Waals surface area contributed by atoms with Crippen molar-refractivity contribution in [1.29, 1.82) is 0 Å². The predicted octanol–water partition coefficient (Wildman–Crippen LogP) is 3.26. The Morgan fingerprint density at radius 3 is 2.68 bits per heavy atom. The van der Waals surface area contributed by atoms with Crippen molar-refractivity contribution in [2.24, 2.45) is 5.92 Å². The molecule has 0 amide bonds. The first kappa shape index (κ1) is 22.5. The van der Waals surface area contributed by atoms with E-state index >= 15 is 0 Å². The molecular formula is C22H29ClN4O3S. The Bertz CT molecular complexity index is 964. The van der Waals surface area contributed by atoms with Gasteiger partial charge >= 0.3 is 5.56 Å². The summed E-state index contributed by atoms with van der Waals surface area (Å²) in [6.07, 6.45) is 4.74. The minimum absolute atomic E-state index is 0.0329. The fraction of sp³-hybridized carbons (Fsp3) is 0.545. The van der Waals surface area contributed by atoms with E-state index in [9.17, 15) is 9.35 Å². The topological polar surface area (TPSA) is 73.7 Å². The van der Waals surface area contributed by atoms with E-state index in [0.717, 1.165) is 19.3 Å². The third-order valence-corrected chi connectivity index (χ3v) is 7.68. The molecule has 4 rings (SSSR count). The molecule has 7 nitrogen and oxygen atoms in total. The molecule has 0 N–H and O–H groups in total. The maximum Gasteiger partial charge on any atom is 0.316 e. The summed E-state index contributed by atoms with van der Waals surface area (Å²) < 4.78 is 21.8. The number of halogens is 1. The fourth-order valence-electron chi connectivity index (χ4n) is 4.30. The van der Waals surface area contributed by atoms with Gasteiger partial charge < -0.3 is 14.2 Å². The zero-order valence-electron chi connectivity index (χ0n) is 18.0. The summed E-state index contributed by atoms with van der Waals surface area (Å²) in [5.41, 5.74) is 1.04. The second-order valence-corrected chi connectivity index (χ2v) is 10.4. The molecule has 1 aliphatic heterocycles. The molecule has 3 atom stereocenters. The van der Waals surface area contributed by atoms with Gasteiger partial charge in [-0.1, -0.05) is 24.6 Å². The van der Waals surface area contributed by atoms with Gasteiger partial charge in [-0.2, -0.15) is 9.78 Å². The van der Waals surface area contributed by atoms with Gasteiger partial charge in [-0.3, -0.25) is 4.79 Å². The lowest BCUT2D eigenvalue weighted by atomic mass is 10.1. The van der Waals surface area contributed by atoms with Crippen molar-refractivity contribution in [3.05, 3.63) is 45.8 Å². The lowest BCUT2D eigenvalue weighted by Gasteiger charge is -2.36. The Morgan fingerprint density at radius 2 is 2.03 bits per heavy atom. The number of hydrogen-bond acceptors (Lipinski definition) is 6. The zero-order valence-corrected chi connectivity index (χ0v) is 19.6. The van der Waals surface area contributed by atoms with Gasteiger partial charge in [0.25, 0.3) is 0 Å². The molecule has 1 aromatic heterocycles. The van der Waals surface area contributed by atoms with E-state index in [2.05, 4.69) is 16.9 Å². The molecule has 1 aliphatic carbocycles. The average molecular weight is 465 g/mol. The van der Waals surface area contributed by atoms with Crippen LogP contribution in [0.1, 0.15) is 33.1 Å². The van der Waals surface area contributed by atoms with Crippen molar-refractivity contribution in [1.82, 2.24) is 14.1 Å². The Balaban J connectivity index is 1.66. The molecule has 2 aromatic rings. The second kappa shape index (κ2) is 9.81. The molecule has 1 saturated carbocycles. The lowest BCUT2D eigenvalue weighted by molar-refractivity contribution is 0.201. The van der Waals surface area contributed by atoms with Crippen molar-refractivity contribution >= 4 is 28.7 Å². The Morgan fingerprint density at radius 1 is 1.26 bits per heavy atom. The van der Waals surface area contributed by atoms with E-state index in [4.69, 9.17) is 16.3 Å². The first-order valence-corrected chi connectivity index (χ1v) is 12.5. The number of aromatic nitrogens is 2. The first-order valence-electron chi connectivity index (χ1n) is 10.9. The van der Waals surface area contributed by atoms with Crippen LogP contribution in [-0.4, -0.2) is 56.7 Å². The average Bonchev–Trinajstić information content (AvgIpc) is 3.19. The van der Waals surface area contributed by atoms with Gasteiger partial charge in [-0.15, -0.1) is 4.31 Å². The van der Waals surface area contributed by atoms with Gasteiger partial charge in [0, 0.05) is 29.5 Å². The molecule has 31 heavy (non-hydrogen) atoms. The van der Waals surface area contributed by atoms with Gasteiger partial charge in [-0.25, -0.2) is 0 Å². The molecule has 0 bridgehead atoms. The monoisotopic (exact) mass is 464 g/mol. The Labute approximate surface area is 191 Å². The Hall–Kier alpha value is -1.74. The summed E-state index contributed by atoms with van der Waals surface area (Å²) in [6, 6.07) is 7.09. The van der Waals surface area contributed by atoms with Gasteiger partial charge in [-0.05, 0) is 50.3 Å². The molecule has 9 heteroatoms. The van der Waals surface area contributed by atoms with Crippen LogP contribution in [0.3, 0.4) is 0 Å². The number of benzene rings is 1. The number of nitrogens with zero attached hydrogens (tertiary/aromatic N) is 4. The van der Waals surface area contributed by atoms with Crippen LogP contribution in [-0.2, 0) is 11.4 Å². The molecular weight excluding hydrogens is 436 g/mol. The Kier molecular flexibility index (Phi) is 7.11. The number of hydrogen-bond donors (Lipinski definition) is 0. The second-order valence-electron chi connectivity index (χ2n) is 8.24. The van der Waals surface area contributed by atoms with Crippen molar-refractivity contribution in [2.45, 2.75) is 39.2 Å². The van der Waals surface area contributed by atoms with Crippen LogP contribution in [0, 0.1) is 5.92 Å². The first-order chi connectivity index (χ1) is 15.0. The van der Waals surface area contributed by atoms with Crippen molar-refractivity contribution in [3.8, 4) is 11.4 Å². The highest BCUT2D eigenvalue weighted by Gasteiger charge is 2.30. The van der Waals surface area contributed by atoms with Crippen LogP contribution in [0.4, 0.5) is 5.69 Å². The molecule has 2 fully saturated rings. The third-order valence-electron chi connectivity index (χ3n) is 6.01. The normalized spacial score (nSPS) is 23.2. The summed E-state index contributed by atoms with van der Waals surface area (Å²) in [5, 5.41) is 4.98. The number of anilines is 1. The molecule has 2 aliphatic rings. The van der Waals surface area contributed by atoms with Gasteiger partial charge in [0.05, 0.1) is 31.1 Å². The maximum atomic E-state index is 13.5. The lowest BCUT2D eigenvalue weighted by Crippen LogP contribution is -2.49. The number of rotatable bonds is 6. The number of piperazine rings is 1. The van der Waals surface area contributed by atoms with Crippen LogP contribution in [0.2, 0.25) is 5.02 Å². The highest BCUT2D eigenvalue weighted by molar-refractivity contribution is 7.89. The largest absolute Gasteiger partial charge is 0.598 e. The van der Waals surface area contributed by atoms with Gasteiger partial charge in [0.1, 0.15) is 11.4 Å². The summed E-state index contributed by atoms with van der Waals surface area (Å²) in [5.74, 6) is 1.56. The van der Waals surface area contributed by atoms with E-state index in [1.165, 1.54) is 4.68 Å². The van der Waals surface area contributed by atoms with Gasteiger partial charge in [0.2, 0.25) is 5.75 Å². The van der Waals surface area contributed by atoms with E-state index in [-0.39, 0.29) is 11.7 Å². The molecule has 0 spiro atoms. The van der Waals surface area contributed by atoms with E-state index < -0.39 is 11.4 Å². The van der Waals surface area contributed by atoms with Crippen LogP contribution < -0.4 is 15.2 Å². The molecule has 3 unspecified atom stereocenters. The zero-order chi connectivity index (χ0) is 22.0. The molecule has 1 saturated heterocycles. The smallest absolute Gasteiger partial charge is 0.316 e. The summed E-state index contributed by atoms with van der Waals surface area (Å²) in [7, 11) is 0. The van der Waals surface area contributed by atoms with E-state index in [1.54, 1.807) is 30.5 Å². The minimum atomic E-state index is -0.952. The van der Waals surface area contributed by atoms with Crippen molar-refractivity contribution in [3.63, 3.8) is 0 Å². The van der Waals surface area contributed by atoms with Crippen molar-refractivity contribution in [2.75, 3.05) is 36.8 Å². The maximum absolute atomic E-state index is 13.5. The molecule has 2 heterocycles. The van der Waals surface area contributed by atoms with Crippen LogP contribution in [0.15, 0.2) is 35.3 Å². The quantitative estimate of drug-likeness (QED) is 0.611. The van der Waals surface area contributed by atoms with Crippen LogP contribution in [0.5, 0.6) is 5.75 Å². The SMILES string of the molecule is CC[S+]([O-])N1CCN(c2cnn(-c3cccc(Cl)c3)c(=O)c2OC2CCC(C)C2)CC1. The van der Waals surface area contributed by atoms with E-state index in [0.29, 0.717) is 60.0 Å². The molecule has 0 radical (unpaired) electrons. The third kappa shape index (κ3) is 5.03. The van der Waals surface area contributed by atoms with Gasteiger partial charge in [0.15, 0.2) is 0 Å². The van der Waals surface area contributed by atoms with Crippen LogP contribution in [0.25, 0.3) is 5.69 Å². The summed E-state index contributed by atoms with van der Waals surface area (Å²) in [6.45, 7) is 6.84. The van der Waals surface area contributed by atoms with Crippen LogP contribution >= 0.6 is 11.6 Å². The summed E-state index contributed by atoms with van der Waals surface area (Å²) >= 11 is 5.18. The summed E-state index contributed by atoms with van der Waals surface area (Å²) in [4.78, 5) is 15.6. The highest BCUT2D eigenvalue weighted by atomic mass is 35.5.